The Morgan fingerprint density at radius 1 is 0.969 bits per heavy atom. The van der Waals surface area contributed by atoms with Crippen LogP contribution in [0, 0.1) is 0 Å². The summed E-state index contributed by atoms with van der Waals surface area (Å²) in [4.78, 5) is 47.7. The van der Waals surface area contributed by atoms with Gasteiger partial charge in [0.2, 0.25) is 0 Å². The van der Waals surface area contributed by atoms with Crippen LogP contribution in [0.4, 0.5) is 4.79 Å². The summed E-state index contributed by atoms with van der Waals surface area (Å²) in [6.07, 6.45) is 5.02. The molecule has 1 aromatic rings. The lowest BCUT2D eigenvalue weighted by atomic mass is 9.96. The Balaban J connectivity index is 1.72. The molecule has 0 radical (unpaired) electrons. The Morgan fingerprint density at radius 2 is 1.66 bits per heavy atom. The second kappa shape index (κ2) is 13.2. The summed E-state index contributed by atoms with van der Waals surface area (Å²) < 4.78 is 15.7. The van der Waals surface area contributed by atoms with Gasteiger partial charge in [-0.25, -0.2) is 4.79 Å². The van der Waals surface area contributed by atoms with Crippen LogP contribution in [0.25, 0.3) is 0 Å². The molecule has 1 fully saturated rings. The first kappa shape index (κ1) is 25.0. The number of imide groups is 1. The van der Waals surface area contributed by atoms with Crippen LogP contribution in [0.2, 0.25) is 0 Å². The van der Waals surface area contributed by atoms with E-state index in [-0.39, 0.29) is 11.6 Å². The molecule has 3 N–H and O–H groups in total. The minimum absolute atomic E-state index is 0.0557. The Bertz CT molecular complexity index is 807. The maximum absolute atomic E-state index is 12.3. The van der Waals surface area contributed by atoms with E-state index in [9.17, 15) is 19.2 Å². The maximum atomic E-state index is 12.3. The number of urea groups is 1. The molecule has 176 valence electrons. The molecule has 1 aliphatic carbocycles. The first-order valence-electron chi connectivity index (χ1n) is 10.9. The van der Waals surface area contributed by atoms with Crippen molar-refractivity contribution in [3.05, 3.63) is 23.8 Å². The zero-order chi connectivity index (χ0) is 23.3. The Kier molecular flexibility index (Phi) is 10.3. The Labute approximate surface area is 187 Å². The maximum Gasteiger partial charge on any atom is 0.325 e. The minimum atomic E-state index is -0.808. The molecule has 1 aliphatic rings. The number of ether oxygens (including phenoxy) is 3. The number of benzene rings is 1. The number of hydrogen-bond acceptors (Lipinski definition) is 7. The molecule has 32 heavy (non-hydrogen) atoms. The van der Waals surface area contributed by atoms with Crippen molar-refractivity contribution in [3.8, 4) is 11.5 Å². The summed E-state index contributed by atoms with van der Waals surface area (Å²) in [7, 11) is 0. The van der Waals surface area contributed by atoms with Gasteiger partial charge in [0.15, 0.2) is 18.1 Å². The molecular weight excluding hydrogens is 418 g/mol. The van der Waals surface area contributed by atoms with Gasteiger partial charge >= 0.3 is 12.0 Å². The number of carbonyl (C=O) groups is 4. The van der Waals surface area contributed by atoms with Crippen LogP contribution in [0.5, 0.6) is 11.5 Å². The fourth-order valence-electron chi connectivity index (χ4n) is 3.28. The average Bonchev–Trinajstić information content (AvgIpc) is 2.78. The van der Waals surface area contributed by atoms with Crippen LogP contribution in [-0.2, 0) is 14.3 Å². The van der Waals surface area contributed by atoms with E-state index in [2.05, 4.69) is 16.0 Å². The number of rotatable bonds is 10. The van der Waals surface area contributed by atoms with Crippen molar-refractivity contribution in [2.75, 3.05) is 26.4 Å². The number of esters is 1. The fourth-order valence-corrected chi connectivity index (χ4v) is 3.28. The first-order chi connectivity index (χ1) is 15.4. The molecule has 0 bridgehead atoms. The highest BCUT2D eigenvalue weighted by Gasteiger charge is 2.18. The molecule has 10 nitrogen and oxygen atoms in total. The van der Waals surface area contributed by atoms with Crippen LogP contribution >= 0.6 is 0 Å². The van der Waals surface area contributed by atoms with Crippen molar-refractivity contribution in [1.29, 1.82) is 0 Å². The summed E-state index contributed by atoms with van der Waals surface area (Å²) in [5.74, 6) is -1.12. The molecule has 0 heterocycles. The third-order valence-corrected chi connectivity index (χ3v) is 4.76. The third kappa shape index (κ3) is 8.44. The number of carbonyl (C=O) groups excluding carboxylic acids is 4. The Hall–Kier alpha value is -3.30. The predicted octanol–water partition coefficient (Wildman–Crippen LogP) is 1.92. The molecule has 0 spiro atoms. The first-order valence-corrected chi connectivity index (χ1v) is 10.9. The summed E-state index contributed by atoms with van der Waals surface area (Å²) in [6.45, 7) is 3.45. The zero-order valence-electron chi connectivity index (χ0n) is 18.5. The fraction of sp³-hybridized carbons (Fsp3) is 0.545. The normalized spacial score (nSPS) is 13.6. The molecule has 0 unspecified atom stereocenters. The van der Waals surface area contributed by atoms with E-state index < -0.39 is 37.0 Å². The third-order valence-electron chi connectivity index (χ3n) is 4.76. The van der Waals surface area contributed by atoms with Crippen LogP contribution in [0.15, 0.2) is 18.2 Å². The van der Waals surface area contributed by atoms with Crippen LogP contribution in [0.3, 0.4) is 0 Å². The average molecular weight is 450 g/mol. The van der Waals surface area contributed by atoms with Gasteiger partial charge in [0.05, 0.1) is 13.2 Å². The second-order valence-electron chi connectivity index (χ2n) is 7.23. The van der Waals surface area contributed by atoms with Crippen molar-refractivity contribution < 1.29 is 33.4 Å². The molecule has 0 aliphatic heterocycles. The van der Waals surface area contributed by atoms with Crippen molar-refractivity contribution in [2.24, 2.45) is 0 Å². The van der Waals surface area contributed by atoms with Gasteiger partial charge in [0.1, 0.15) is 6.54 Å². The molecule has 2 rings (SSSR count). The smallest absolute Gasteiger partial charge is 0.325 e. The van der Waals surface area contributed by atoms with E-state index >= 15 is 0 Å². The predicted molar refractivity (Wildman–Crippen MR) is 116 cm³/mol. The SMILES string of the molecule is CCOc1ccc(C(=O)NCC(=O)OCC(=O)NC(=O)NC2CCCCC2)cc1OCC. The van der Waals surface area contributed by atoms with E-state index in [1.165, 1.54) is 6.07 Å². The molecule has 0 saturated heterocycles. The lowest BCUT2D eigenvalue weighted by Gasteiger charge is -2.22. The van der Waals surface area contributed by atoms with Gasteiger partial charge in [0.25, 0.3) is 11.8 Å². The van der Waals surface area contributed by atoms with Gasteiger partial charge in [-0.15, -0.1) is 0 Å². The number of hydrogen-bond donors (Lipinski definition) is 3. The van der Waals surface area contributed by atoms with Crippen LogP contribution in [0.1, 0.15) is 56.3 Å². The van der Waals surface area contributed by atoms with Crippen molar-refractivity contribution in [1.82, 2.24) is 16.0 Å². The van der Waals surface area contributed by atoms with Crippen LogP contribution < -0.4 is 25.4 Å². The van der Waals surface area contributed by atoms with E-state index in [1.54, 1.807) is 12.1 Å². The number of nitrogens with one attached hydrogen (secondary N) is 3. The Morgan fingerprint density at radius 3 is 2.34 bits per heavy atom. The standard InChI is InChI=1S/C22H31N3O7/c1-3-30-17-11-10-15(12-18(17)31-4-2)21(28)23-13-20(27)32-14-19(26)25-22(29)24-16-8-6-5-7-9-16/h10-12,16H,3-9,13-14H2,1-2H3,(H,23,28)(H2,24,25,26,29). The van der Waals surface area contributed by atoms with Gasteiger partial charge in [-0.05, 0) is 44.9 Å². The molecule has 1 saturated carbocycles. The zero-order valence-corrected chi connectivity index (χ0v) is 18.5. The lowest BCUT2D eigenvalue weighted by Crippen LogP contribution is -2.46. The van der Waals surface area contributed by atoms with Crippen molar-refractivity contribution >= 4 is 23.8 Å². The topological polar surface area (TPSA) is 132 Å². The van der Waals surface area contributed by atoms with E-state index in [1.807, 2.05) is 13.8 Å². The van der Waals surface area contributed by atoms with Gasteiger partial charge in [0, 0.05) is 11.6 Å². The highest BCUT2D eigenvalue weighted by molar-refractivity contribution is 5.97. The monoisotopic (exact) mass is 449 g/mol. The number of amides is 4. The van der Waals surface area contributed by atoms with Gasteiger partial charge in [-0.3, -0.25) is 19.7 Å². The molecule has 0 aromatic heterocycles. The van der Waals surface area contributed by atoms with Gasteiger partial charge in [-0.1, -0.05) is 19.3 Å². The molecule has 0 atom stereocenters. The molecule has 10 heteroatoms. The second-order valence-corrected chi connectivity index (χ2v) is 7.23. The van der Waals surface area contributed by atoms with Crippen molar-refractivity contribution in [2.45, 2.75) is 52.0 Å². The highest BCUT2D eigenvalue weighted by Crippen LogP contribution is 2.28. The van der Waals surface area contributed by atoms with Crippen LogP contribution in [-0.4, -0.2) is 56.2 Å². The molecular formula is C22H31N3O7. The highest BCUT2D eigenvalue weighted by atomic mass is 16.5. The quantitative estimate of drug-likeness (QED) is 0.465. The summed E-state index contributed by atoms with van der Waals surface area (Å²) in [6, 6.07) is 4.14. The summed E-state index contributed by atoms with van der Waals surface area (Å²) in [5.41, 5.74) is 0.279. The molecule has 4 amide bonds. The molecule has 1 aromatic carbocycles. The van der Waals surface area contributed by atoms with Crippen molar-refractivity contribution in [3.63, 3.8) is 0 Å². The summed E-state index contributed by atoms with van der Waals surface area (Å²) in [5, 5.41) is 7.28. The lowest BCUT2D eigenvalue weighted by molar-refractivity contribution is -0.147. The largest absolute Gasteiger partial charge is 0.490 e. The minimum Gasteiger partial charge on any atom is -0.490 e. The van der Waals surface area contributed by atoms with E-state index in [0.717, 1.165) is 32.1 Å². The summed E-state index contributed by atoms with van der Waals surface area (Å²) >= 11 is 0. The van der Waals surface area contributed by atoms with Gasteiger partial charge < -0.3 is 24.8 Å². The van der Waals surface area contributed by atoms with E-state index in [4.69, 9.17) is 14.2 Å². The van der Waals surface area contributed by atoms with Gasteiger partial charge in [-0.2, -0.15) is 0 Å². The van der Waals surface area contributed by atoms with E-state index in [0.29, 0.717) is 24.7 Å².